The highest BCUT2D eigenvalue weighted by atomic mass is 16.1. The van der Waals surface area contributed by atoms with E-state index in [1.54, 1.807) is 0 Å². The van der Waals surface area contributed by atoms with Crippen LogP contribution in [0.5, 0.6) is 0 Å². The summed E-state index contributed by atoms with van der Waals surface area (Å²) in [6.07, 6.45) is 10.9. The second kappa shape index (κ2) is 2.87. The molecule has 2 nitrogen and oxygen atoms in total. The van der Waals surface area contributed by atoms with Crippen LogP contribution in [0.1, 0.15) is 12.8 Å². The molecule has 3 saturated carbocycles. The first-order valence-electron chi connectivity index (χ1n) is 7.20. The van der Waals surface area contributed by atoms with Crippen LogP contribution in [-0.2, 0) is 9.59 Å². The molecule has 0 aromatic carbocycles. The Kier molecular flexibility index (Phi) is 1.55. The zero-order valence-electron chi connectivity index (χ0n) is 10.2. The number of fused-ring (bicyclic) bond motifs is 10. The standard InChI is InChI=1S/C16H16O2/c17-15-11-7-1-2-8(5-7)12(11)16(18)14-10-4-3-9(6-10)13(14)15/h1-4,7-14H,5-6H2/t7-,8+,9+,10-,11-,12-,13-,14-/m0/s1. The van der Waals surface area contributed by atoms with Crippen molar-refractivity contribution < 1.29 is 9.59 Å². The van der Waals surface area contributed by atoms with Crippen molar-refractivity contribution in [2.75, 3.05) is 0 Å². The van der Waals surface area contributed by atoms with Crippen LogP contribution in [0.2, 0.25) is 0 Å². The number of carbonyl (C=O) groups is 2. The van der Waals surface area contributed by atoms with Gasteiger partial charge in [0.05, 0.1) is 0 Å². The van der Waals surface area contributed by atoms with Gasteiger partial charge in [0.25, 0.3) is 0 Å². The van der Waals surface area contributed by atoms with Gasteiger partial charge in [0.2, 0.25) is 0 Å². The fourth-order valence-electron chi connectivity index (χ4n) is 5.64. The maximum atomic E-state index is 12.8. The third kappa shape index (κ3) is 0.877. The molecular formula is C16H16O2. The molecule has 0 heterocycles. The molecule has 5 aliphatic rings. The number of hydrogen-bond donors (Lipinski definition) is 0. The Labute approximate surface area is 106 Å². The molecule has 0 unspecified atom stereocenters. The van der Waals surface area contributed by atoms with Gasteiger partial charge < -0.3 is 0 Å². The highest BCUT2D eigenvalue weighted by Gasteiger charge is 2.63. The summed E-state index contributed by atoms with van der Waals surface area (Å²) >= 11 is 0. The second-order valence-electron chi connectivity index (χ2n) is 6.80. The molecule has 0 radical (unpaired) electrons. The lowest BCUT2D eigenvalue weighted by Gasteiger charge is -2.40. The van der Waals surface area contributed by atoms with E-state index in [9.17, 15) is 9.59 Å². The van der Waals surface area contributed by atoms with Crippen molar-refractivity contribution in [3.05, 3.63) is 24.3 Å². The fourth-order valence-corrected chi connectivity index (χ4v) is 5.64. The maximum Gasteiger partial charge on any atom is 0.141 e. The van der Waals surface area contributed by atoms with Crippen molar-refractivity contribution >= 4 is 11.6 Å². The molecule has 0 N–H and O–H groups in total. The molecule has 0 aromatic rings. The van der Waals surface area contributed by atoms with E-state index < -0.39 is 0 Å². The molecular weight excluding hydrogens is 224 g/mol. The van der Waals surface area contributed by atoms with E-state index in [-0.39, 0.29) is 23.7 Å². The summed E-state index contributed by atoms with van der Waals surface area (Å²) in [7, 11) is 0. The third-order valence-corrected chi connectivity index (χ3v) is 6.23. The first-order valence-corrected chi connectivity index (χ1v) is 7.20. The summed E-state index contributed by atoms with van der Waals surface area (Å²) in [5.41, 5.74) is 0. The SMILES string of the molecule is O=C1[C@@H]2[C@@H](C(=O)[C@@H]3[C@@H]1[C@H]1C=C[C@@H]3C1)[C@H]1C=C[C@@H]2C1. The number of Topliss-reactive ketones (excluding diaryl/α,β-unsaturated/α-hetero) is 2. The number of rotatable bonds is 0. The third-order valence-electron chi connectivity index (χ3n) is 6.23. The summed E-state index contributed by atoms with van der Waals surface area (Å²) in [6, 6.07) is 0. The Morgan fingerprint density at radius 1 is 0.611 bits per heavy atom. The first-order chi connectivity index (χ1) is 8.75. The van der Waals surface area contributed by atoms with E-state index >= 15 is 0 Å². The van der Waals surface area contributed by atoms with Gasteiger partial charge in [-0.25, -0.2) is 0 Å². The first kappa shape index (κ1) is 9.71. The molecule has 3 fully saturated rings. The van der Waals surface area contributed by atoms with Crippen molar-refractivity contribution in [1.29, 1.82) is 0 Å². The normalized spacial score (nSPS) is 58.4. The van der Waals surface area contributed by atoms with Gasteiger partial charge in [-0.1, -0.05) is 24.3 Å². The average molecular weight is 240 g/mol. The smallest absolute Gasteiger partial charge is 0.141 e. The summed E-state index contributed by atoms with van der Waals surface area (Å²) in [5.74, 6) is 2.53. The van der Waals surface area contributed by atoms with Crippen LogP contribution >= 0.6 is 0 Å². The molecule has 2 heteroatoms. The van der Waals surface area contributed by atoms with E-state index in [1.165, 1.54) is 0 Å². The Morgan fingerprint density at radius 3 is 1.17 bits per heavy atom. The molecule has 18 heavy (non-hydrogen) atoms. The van der Waals surface area contributed by atoms with Crippen LogP contribution in [-0.4, -0.2) is 11.6 Å². The number of carbonyl (C=O) groups excluding carboxylic acids is 2. The highest BCUT2D eigenvalue weighted by molar-refractivity contribution is 6.02. The van der Waals surface area contributed by atoms with Crippen LogP contribution in [0.15, 0.2) is 24.3 Å². The van der Waals surface area contributed by atoms with Gasteiger partial charge in [0, 0.05) is 23.7 Å². The monoisotopic (exact) mass is 240 g/mol. The summed E-state index contributed by atoms with van der Waals surface area (Å²) in [5, 5.41) is 0. The highest BCUT2D eigenvalue weighted by Crippen LogP contribution is 2.60. The minimum Gasteiger partial charge on any atom is -0.299 e. The van der Waals surface area contributed by atoms with Gasteiger partial charge in [-0.15, -0.1) is 0 Å². The molecule has 0 aliphatic heterocycles. The Morgan fingerprint density at radius 2 is 0.889 bits per heavy atom. The van der Waals surface area contributed by atoms with Gasteiger partial charge in [-0.05, 0) is 36.5 Å². The summed E-state index contributed by atoms with van der Waals surface area (Å²) in [6.45, 7) is 0. The van der Waals surface area contributed by atoms with Gasteiger partial charge in [0.1, 0.15) is 11.6 Å². The maximum absolute atomic E-state index is 12.8. The predicted octanol–water partition coefficient (Wildman–Crippen LogP) is 2.01. The van der Waals surface area contributed by atoms with Crippen LogP contribution in [0.25, 0.3) is 0 Å². The zero-order chi connectivity index (χ0) is 12.0. The van der Waals surface area contributed by atoms with E-state index in [4.69, 9.17) is 0 Å². The van der Waals surface area contributed by atoms with Crippen LogP contribution in [0, 0.1) is 47.3 Å². The second-order valence-corrected chi connectivity index (χ2v) is 6.80. The summed E-state index contributed by atoms with van der Waals surface area (Å²) < 4.78 is 0. The van der Waals surface area contributed by atoms with Crippen molar-refractivity contribution in [2.24, 2.45) is 47.3 Å². The number of allylic oxidation sites excluding steroid dienone is 4. The van der Waals surface area contributed by atoms with E-state index in [1.807, 2.05) is 0 Å². The van der Waals surface area contributed by atoms with Crippen LogP contribution < -0.4 is 0 Å². The Balaban J connectivity index is 1.65. The largest absolute Gasteiger partial charge is 0.299 e. The van der Waals surface area contributed by atoms with Crippen molar-refractivity contribution in [3.8, 4) is 0 Å². The quantitative estimate of drug-likeness (QED) is 0.607. The van der Waals surface area contributed by atoms with E-state index in [0.29, 0.717) is 35.2 Å². The Hall–Kier alpha value is -1.18. The topological polar surface area (TPSA) is 34.1 Å². The molecule has 4 bridgehead atoms. The van der Waals surface area contributed by atoms with E-state index in [0.717, 1.165) is 12.8 Å². The van der Waals surface area contributed by atoms with Crippen LogP contribution in [0.3, 0.4) is 0 Å². The lowest BCUT2D eigenvalue weighted by atomic mass is 9.60. The molecule has 8 atom stereocenters. The molecule has 0 amide bonds. The number of hydrogen-bond acceptors (Lipinski definition) is 2. The van der Waals surface area contributed by atoms with Gasteiger partial charge >= 0.3 is 0 Å². The fraction of sp³-hybridized carbons (Fsp3) is 0.625. The molecule has 0 saturated heterocycles. The molecule has 5 aliphatic carbocycles. The van der Waals surface area contributed by atoms with Crippen molar-refractivity contribution in [2.45, 2.75) is 12.8 Å². The summed E-state index contributed by atoms with van der Waals surface area (Å²) in [4.78, 5) is 25.6. The minimum atomic E-state index is 0.0431. The Bertz CT molecular complexity index is 441. The molecule has 0 aromatic heterocycles. The molecule has 92 valence electrons. The van der Waals surface area contributed by atoms with Gasteiger partial charge in [-0.2, -0.15) is 0 Å². The predicted molar refractivity (Wildman–Crippen MR) is 65.4 cm³/mol. The van der Waals surface area contributed by atoms with Gasteiger partial charge in [-0.3, -0.25) is 9.59 Å². The van der Waals surface area contributed by atoms with Crippen molar-refractivity contribution in [1.82, 2.24) is 0 Å². The number of ketones is 2. The minimum absolute atomic E-state index is 0.0431. The van der Waals surface area contributed by atoms with Crippen molar-refractivity contribution in [3.63, 3.8) is 0 Å². The lowest BCUT2D eigenvalue weighted by molar-refractivity contribution is -0.148. The average Bonchev–Trinajstić information content (AvgIpc) is 3.10. The van der Waals surface area contributed by atoms with Crippen LogP contribution in [0.4, 0.5) is 0 Å². The molecule has 5 rings (SSSR count). The van der Waals surface area contributed by atoms with E-state index in [2.05, 4.69) is 24.3 Å². The zero-order valence-corrected chi connectivity index (χ0v) is 10.2. The van der Waals surface area contributed by atoms with Gasteiger partial charge in [0.15, 0.2) is 0 Å². The lowest BCUT2D eigenvalue weighted by Crippen LogP contribution is -2.50. The molecule has 0 spiro atoms.